The Bertz CT molecular complexity index is 372. The first kappa shape index (κ1) is 11.2. The van der Waals surface area contributed by atoms with E-state index in [1.165, 1.54) is 25.7 Å². The third-order valence-electron chi connectivity index (χ3n) is 4.43. The highest BCUT2D eigenvalue weighted by atomic mass is 16.3. The summed E-state index contributed by atoms with van der Waals surface area (Å²) in [5.41, 5.74) is 0.477. The lowest BCUT2D eigenvalue weighted by molar-refractivity contribution is 0.0407. The van der Waals surface area contributed by atoms with Crippen LogP contribution in [0, 0.1) is 0 Å². The summed E-state index contributed by atoms with van der Waals surface area (Å²) in [5, 5.41) is 10.8. The van der Waals surface area contributed by atoms with Gasteiger partial charge >= 0.3 is 0 Å². The van der Waals surface area contributed by atoms with Crippen LogP contribution in [0.25, 0.3) is 0 Å². The minimum Gasteiger partial charge on any atom is -0.384 e. The number of hydrogen-bond acceptors (Lipinski definition) is 2. The number of hydrogen-bond donors (Lipinski definition) is 1. The van der Waals surface area contributed by atoms with Crippen molar-refractivity contribution in [3.63, 3.8) is 0 Å². The Kier molecular flexibility index (Phi) is 2.93. The molecule has 0 spiro atoms. The van der Waals surface area contributed by atoms with Crippen LogP contribution in [0.2, 0.25) is 0 Å². The molecule has 1 atom stereocenters. The highest BCUT2D eigenvalue weighted by Crippen LogP contribution is 2.35. The fourth-order valence-electron chi connectivity index (χ4n) is 3.39. The monoisotopic (exact) mass is 231 g/mol. The van der Waals surface area contributed by atoms with Crippen molar-refractivity contribution in [2.75, 3.05) is 13.1 Å². The summed E-state index contributed by atoms with van der Waals surface area (Å²) in [6.07, 6.45) is 6.26. The van der Waals surface area contributed by atoms with Gasteiger partial charge in [-0.2, -0.15) is 0 Å². The summed E-state index contributed by atoms with van der Waals surface area (Å²) in [5.74, 6) is 0. The minimum atomic E-state index is -0.607. The van der Waals surface area contributed by atoms with Crippen molar-refractivity contribution in [1.29, 1.82) is 0 Å². The lowest BCUT2D eigenvalue weighted by Crippen LogP contribution is -2.35. The van der Waals surface area contributed by atoms with E-state index >= 15 is 0 Å². The zero-order chi connectivity index (χ0) is 11.7. The Morgan fingerprint density at radius 2 is 1.82 bits per heavy atom. The highest BCUT2D eigenvalue weighted by molar-refractivity contribution is 5.24. The summed E-state index contributed by atoms with van der Waals surface area (Å²) in [4.78, 5) is 2.50. The third kappa shape index (κ3) is 2.12. The van der Waals surface area contributed by atoms with Crippen molar-refractivity contribution in [2.24, 2.45) is 0 Å². The molecule has 1 saturated carbocycles. The largest absolute Gasteiger partial charge is 0.384 e. The Morgan fingerprint density at radius 3 is 2.53 bits per heavy atom. The quantitative estimate of drug-likeness (QED) is 0.845. The Hall–Kier alpha value is -0.860. The van der Waals surface area contributed by atoms with Crippen LogP contribution in [-0.2, 0) is 5.60 Å². The van der Waals surface area contributed by atoms with Crippen LogP contribution in [0.3, 0.4) is 0 Å². The minimum absolute atomic E-state index is 0.607. The van der Waals surface area contributed by atoms with Gasteiger partial charge in [-0.05, 0) is 24.8 Å². The summed E-state index contributed by atoms with van der Waals surface area (Å²) in [6.45, 7) is 1.87. The van der Waals surface area contributed by atoms with Crippen LogP contribution in [-0.4, -0.2) is 29.1 Å². The molecule has 17 heavy (non-hydrogen) atoms. The van der Waals surface area contributed by atoms with Crippen molar-refractivity contribution in [3.05, 3.63) is 35.9 Å². The number of rotatable bonds is 2. The summed E-state index contributed by atoms with van der Waals surface area (Å²) in [7, 11) is 0. The van der Waals surface area contributed by atoms with E-state index in [1.54, 1.807) is 0 Å². The van der Waals surface area contributed by atoms with Crippen molar-refractivity contribution < 1.29 is 5.11 Å². The number of β-amino-alcohol motifs (C(OH)–C–C–N with tert-alkyl or cyclic N) is 1. The predicted molar refractivity (Wildman–Crippen MR) is 68.8 cm³/mol. The molecule has 92 valence electrons. The number of benzene rings is 1. The summed E-state index contributed by atoms with van der Waals surface area (Å²) < 4.78 is 0. The van der Waals surface area contributed by atoms with E-state index in [0.717, 1.165) is 31.1 Å². The topological polar surface area (TPSA) is 23.5 Å². The maximum atomic E-state index is 10.8. The molecule has 0 aromatic heterocycles. The first-order valence-corrected chi connectivity index (χ1v) is 6.80. The van der Waals surface area contributed by atoms with Gasteiger partial charge in [0, 0.05) is 19.1 Å². The van der Waals surface area contributed by atoms with Crippen LogP contribution in [0.4, 0.5) is 0 Å². The lowest BCUT2D eigenvalue weighted by atomic mass is 9.93. The molecule has 3 rings (SSSR count). The van der Waals surface area contributed by atoms with E-state index in [4.69, 9.17) is 0 Å². The molecule has 2 nitrogen and oxygen atoms in total. The zero-order valence-corrected chi connectivity index (χ0v) is 10.3. The van der Waals surface area contributed by atoms with E-state index in [0.29, 0.717) is 0 Å². The fraction of sp³-hybridized carbons (Fsp3) is 0.600. The molecule has 0 unspecified atom stereocenters. The smallest absolute Gasteiger partial charge is 0.103 e. The normalized spacial score (nSPS) is 31.1. The Morgan fingerprint density at radius 1 is 1.12 bits per heavy atom. The molecule has 1 aliphatic carbocycles. The molecule has 1 N–H and O–H groups in total. The first-order chi connectivity index (χ1) is 8.28. The third-order valence-corrected chi connectivity index (χ3v) is 4.43. The highest BCUT2D eigenvalue weighted by Gasteiger charge is 2.40. The molecule has 1 aliphatic heterocycles. The van der Waals surface area contributed by atoms with Gasteiger partial charge in [-0.15, -0.1) is 0 Å². The van der Waals surface area contributed by atoms with Gasteiger partial charge in [0.2, 0.25) is 0 Å². The number of aliphatic hydroxyl groups is 1. The molecule has 1 heterocycles. The maximum absolute atomic E-state index is 10.8. The van der Waals surface area contributed by atoms with Crippen molar-refractivity contribution in [2.45, 2.75) is 43.7 Å². The second-order valence-electron chi connectivity index (χ2n) is 5.56. The van der Waals surface area contributed by atoms with Crippen LogP contribution in [0.1, 0.15) is 37.7 Å². The molecule has 0 amide bonds. The molecular weight excluding hydrogens is 210 g/mol. The lowest BCUT2D eigenvalue weighted by Gasteiger charge is -2.27. The Labute approximate surface area is 103 Å². The fourth-order valence-corrected chi connectivity index (χ4v) is 3.39. The second kappa shape index (κ2) is 4.43. The first-order valence-electron chi connectivity index (χ1n) is 6.80. The molecular formula is C15H21NO. The molecule has 0 bridgehead atoms. The van der Waals surface area contributed by atoms with Crippen molar-refractivity contribution in [1.82, 2.24) is 4.90 Å². The maximum Gasteiger partial charge on any atom is 0.103 e. The van der Waals surface area contributed by atoms with Gasteiger partial charge in [-0.3, -0.25) is 4.90 Å². The molecule has 1 aromatic carbocycles. The van der Waals surface area contributed by atoms with Gasteiger partial charge in [-0.1, -0.05) is 43.2 Å². The predicted octanol–water partition coefficient (Wildman–Crippen LogP) is 2.52. The molecule has 2 aliphatic rings. The average Bonchev–Trinajstić information content (AvgIpc) is 3.00. The Balaban J connectivity index is 1.74. The average molecular weight is 231 g/mol. The van der Waals surface area contributed by atoms with Gasteiger partial charge in [0.1, 0.15) is 5.60 Å². The van der Waals surface area contributed by atoms with Crippen LogP contribution < -0.4 is 0 Å². The SMILES string of the molecule is O[C@]1(c2ccccc2)CCN(C2CCCC2)C1. The van der Waals surface area contributed by atoms with Gasteiger partial charge in [-0.25, -0.2) is 0 Å². The van der Waals surface area contributed by atoms with E-state index in [-0.39, 0.29) is 0 Å². The number of likely N-dealkylation sites (tertiary alicyclic amines) is 1. The summed E-state index contributed by atoms with van der Waals surface area (Å²) in [6, 6.07) is 10.9. The van der Waals surface area contributed by atoms with Crippen LogP contribution in [0.5, 0.6) is 0 Å². The van der Waals surface area contributed by atoms with E-state index in [1.807, 2.05) is 18.2 Å². The number of nitrogens with zero attached hydrogens (tertiary/aromatic N) is 1. The second-order valence-corrected chi connectivity index (χ2v) is 5.56. The van der Waals surface area contributed by atoms with E-state index in [9.17, 15) is 5.11 Å². The van der Waals surface area contributed by atoms with Gasteiger partial charge in [0.15, 0.2) is 0 Å². The molecule has 1 saturated heterocycles. The molecule has 2 fully saturated rings. The van der Waals surface area contributed by atoms with Crippen LogP contribution >= 0.6 is 0 Å². The van der Waals surface area contributed by atoms with Gasteiger partial charge < -0.3 is 5.11 Å². The van der Waals surface area contributed by atoms with Crippen LogP contribution in [0.15, 0.2) is 30.3 Å². The van der Waals surface area contributed by atoms with Crippen molar-refractivity contribution >= 4 is 0 Å². The summed E-state index contributed by atoms with van der Waals surface area (Å²) >= 11 is 0. The molecule has 1 aromatic rings. The van der Waals surface area contributed by atoms with Crippen molar-refractivity contribution in [3.8, 4) is 0 Å². The van der Waals surface area contributed by atoms with E-state index < -0.39 is 5.60 Å². The van der Waals surface area contributed by atoms with Gasteiger partial charge in [0.05, 0.1) is 0 Å². The standard InChI is InChI=1S/C15H21NO/c17-15(13-6-2-1-3-7-13)10-11-16(12-15)14-8-4-5-9-14/h1-3,6-7,14,17H,4-5,8-12H2/t15-/m1/s1. The molecule has 2 heteroatoms. The van der Waals surface area contributed by atoms with Gasteiger partial charge in [0.25, 0.3) is 0 Å². The van der Waals surface area contributed by atoms with E-state index in [2.05, 4.69) is 17.0 Å². The zero-order valence-electron chi connectivity index (χ0n) is 10.3. The molecule has 0 radical (unpaired) electrons.